The Morgan fingerprint density at radius 2 is 2.11 bits per heavy atom. The summed E-state index contributed by atoms with van der Waals surface area (Å²) in [6.45, 7) is 6.14. The smallest absolute Gasteiger partial charge is 0.405 e. The van der Waals surface area contributed by atoms with Crippen molar-refractivity contribution >= 4 is 45.7 Å². The van der Waals surface area contributed by atoms with Gasteiger partial charge in [0.15, 0.2) is 15.6 Å². The lowest BCUT2D eigenvalue weighted by Crippen LogP contribution is -2.48. The lowest BCUT2D eigenvalue weighted by Gasteiger charge is -2.45. The van der Waals surface area contributed by atoms with Crippen molar-refractivity contribution in [3.63, 3.8) is 0 Å². The van der Waals surface area contributed by atoms with Crippen LogP contribution in [0.1, 0.15) is 62.8 Å². The first-order valence-electron chi connectivity index (χ1n) is 12.7. The number of benzene rings is 1. The molecule has 1 spiro atoms. The van der Waals surface area contributed by atoms with Gasteiger partial charge in [0, 0.05) is 25.0 Å². The van der Waals surface area contributed by atoms with Crippen LogP contribution in [0.25, 0.3) is 11.2 Å². The zero-order chi connectivity index (χ0) is 25.9. The van der Waals surface area contributed by atoms with Crippen LogP contribution in [-0.2, 0) is 11.2 Å². The van der Waals surface area contributed by atoms with Crippen LogP contribution in [0.15, 0.2) is 24.4 Å². The molecule has 196 valence electrons. The van der Waals surface area contributed by atoms with E-state index in [4.69, 9.17) is 9.72 Å². The Balaban J connectivity index is 1.27. The fraction of sp³-hybridized carbons (Fsp3) is 0.538. The molecular formula is C26H30FIN6O3. The SMILES string of the molecule is CC(C)(C[C@@H]1c2cc(F)ccc2CC12CCN(c1cnc3c(I)nn(C4CCO4)c3n1)CC2)NC(=O)O. The van der Waals surface area contributed by atoms with Gasteiger partial charge in [0.2, 0.25) is 0 Å². The van der Waals surface area contributed by atoms with Crippen molar-refractivity contribution in [2.24, 2.45) is 5.41 Å². The molecule has 1 amide bonds. The first kappa shape index (κ1) is 24.8. The summed E-state index contributed by atoms with van der Waals surface area (Å²) >= 11 is 2.19. The predicted octanol–water partition coefficient (Wildman–Crippen LogP) is 4.85. The van der Waals surface area contributed by atoms with E-state index in [-0.39, 0.29) is 23.4 Å². The number of hydrogen-bond donors (Lipinski definition) is 2. The van der Waals surface area contributed by atoms with Crippen LogP contribution in [-0.4, -0.2) is 56.2 Å². The Hall–Kier alpha value is -2.54. The minimum atomic E-state index is -1.04. The minimum Gasteiger partial charge on any atom is -0.465 e. The van der Waals surface area contributed by atoms with Gasteiger partial charge < -0.3 is 20.1 Å². The Morgan fingerprint density at radius 1 is 1.35 bits per heavy atom. The summed E-state index contributed by atoms with van der Waals surface area (Å²) < 4.78 is 22.6. The molecule has 11 heteroatoms. The third kappa shape index (κ3) is 4.43. The third-order valence-electron chi connectivity index (χ3n) is 8.31. The van der Waals surface area contributed by atoms with E-state index < -0.39 is 11.6 Å². The molecule has 0 saturated carbocycles. The highest BCUT2D eigenvalue weighted by molar-refractivity contribution is 14.1. The molecule has 1 aromatic carbocycles. The number of amides is 1. The van der Waals surface area contributed by atoms with Gasteiger partial charge in [-0.05, 0) is 96.7 Å². The molecule has 1 unspecified atom stereocenters. The summed E-state index contributed by atoms with van der Waals surface area (Å²) in [4.78, 5) is 23.3. The van der Waals surface area contributed by atoms with Crippen molar-refractivity contribution in [1.82, 2.24) is 25.1 Å². The number of ether oxygens (including phenoxy) is 1. The molecule has 2 saturated heterocycles. The van der Waals surface area contributed by atoms with E-state index in [9.17, 15) is 14.3 Å². The van der Waals surface area contributed by atoms with Crippen LogP contribution in [0.3, 0.4) is 0 Å². The lowest BCUT2D eigenvalue weighted by atomic mass is 9.66. The van der Waals surface area contributed by atoms with Gasteiger partial charge in [-0.15, -0.1) is 0 Å². The summed E-state index contributed by atoms with van der Waals surface area (Å²) in [5, 5.41) is 16.6. The summed E-state index contributed by atoms with van der Waals surface area (Å²) in [5.74, 6) is 0.646. The van der Waals surface area contributed by atoms with E-state index in [1.807, 2.05) is 30.8 Å². The fourth-order valence-corrected chi connectivity index (χ4v) is 7.01. The molecule has 3 aliphatic rings. The highest BCUT2D eigenvalue weighted by atomic mass is 127. The number of hydrogen-bond acceptors (Lipinski definition) is 6. The number of nitrogens with zero attached hydrogens (tertiary/aromatic N) is 5. The molecule has 2 N–H and O–H groups in total. The molecule has 2 atom stereocenters. The maximum atomic E-state index is 14.3. The van der Waals surface area contributed by atoms with Crippen LogP contribution < -0.4 is 10.2 Å². The molecule has 2 aromatic heterocycles. The van der Waals surface area contributed by atoms with Gasteiger partial charge in [0.1, 0.15) is 17.2 Å². The number of fused-ring (bicyclic) bond motifs is 2. The summed E-state index contributed by atoms with van der Waals surface area (Å²) in [6, 6.07) is 5.09. The zero-order valence-corrected chi connectivity index (χ0v) is 23.0. The second-order valence-electron chi connectivity index (χ2n) is 11.2. The molecule has 0 radical (unpaired) electrons. The van der Waals surface area contributed by atoms with Crippen molar-refractivity contribution in [3.05, 3.63) is 45.0 Å². The van der Waals surface area contributed by atoms with Crippen LogP contribution in [0.5, 0.6) is 0 Å². The van der Waals surface area contributed by atoms with E-state index in [0.717, 1.165) is 71.6 Å². The first-order valence-corrected chi connectivity index (χ1v) is 13.8. The number of aromatic nitrogens is 4. The van der Waals surface area contributed by atoms with E-state index in [0.29, 0.717) is 6.42 Å². The van der Waals surface area contributed by atoms with Gasteiger partial charge in [-0.25, -0.2) is 23.8 Å². The van der Waals surface area contributed by atoms with Gasteiger partial charge in [0.05, 0.1) is 12.8 Å². The van der Waals surface area contributed by atoms with Crippen molar-refractivity contribution in [1.29, 1.82) is 0 Å². The van der Waals surface area contributed by atoms with Gasteiger partial charge >= 0.3 is 6.09 Å². The lowest BCUT2D eigenvalue weighted by molar-refractivity contribution is -0.104. The Labute approximate surface area is 227 Å². The van der Waals surface area contributed by atoms with Crippen LogP contribution in [0.4, 0.5) is 15.0 Å². The fourth-order valence-electron chi connectivity index (χ4n) is 6.40. The third-order valence-corrected chi connectivity index (χ3v) is 9.03. The predicted molar refractivity (Wildman–Crippen MR) is 144 cm³/mol. The van der Waals surface area contributed by atoms with Gasteiger partial charge in [-0.2, -0.15) is 5.10 Å². The minimum absolute atomic E-state index is 0.0570. The van der Waals surface area contributed by atoms with Gasteiger partial charge in [-0.1, -0.05) is 6.07 Å². The standard InChI is InChI=1S/C26H30FIN6O3/c1-25(2,31-24(35)36)13-18-17-11-16(27)4-3-15(17)12-26(18)6-8-33(9-7-26)19-14-29-21-22(28)32-34(23(21)30-19)20-5-10-37-20/h3-4,11,14,18,20,31H,5-10,12-13H2,1-2H3,(H,35,36)/t18-,20?/m1/s1. The van der Waals surface area contributed by atoms with Crippen molar-refractivity contribution in [2.45, 2.75) is 63.6 Å². The summed E-state index contributed by atoms with van der Waals surface area (Å²) in [7, 11) is 0. The molecule has 0 bridgehead atoms. The van der Waals surface area contributed by atoms with E-state index >= 15 is 0 Å². The summed E-state index contributed by atoms with van der Waals surface area (Å²) in [6.07, 6.45) is 4.91. The molecule has 1 aliphatic carbocycles. The van der Waals surface area contributed by atoms with Crippen LogP contribution in [0, 0.1) is 14.9 Å². The van der Waals surface area contributed by atoms with Crippen molar-refractivity contribution in [2.75, 3.05) is 24.6 Å². The average molecular weight is 620 g/mol. The quantitative estimate of drug-likeness (QED) is 0.393. The number of carboxylic acid groups (broad SMARTS) is 1. The molecule has 3 aromatic rings. The highest BCUT2D eigenvalue weighted by Gasteiger charge is 2.49. The van der Waals surface area contributed by atoms with Gasteiger partial charge in [-0.3, -0.25) is 0 Å². The Kier molecular flexibility index (Phi) is 6.05. The number of piperidine rings is 1. The largest absolute Gasteiger partial charge is 0.465 e. The second kappa shape index (κ2) is 9.04. The number of halogens is 2. The topological polar surface area (TPSA) is 105 Å². The number of rotatable bonds is 5. The Bertz CT molecular complexity index is 1370. The maximum Gasteiger partial charge on any atom is 0.405 e. The maximum absolute atomic E-state index is 14.3. The second-order valence-corrected chi connectivity index (χ2v) is 12.2. The molecule has 2 aliphatic heterocycles. The normalized spacial score (nSPS) is 22.8. The van der Waals surface area contributed by atoms with Gasteiger partial charge in [0.25, 0.3) is 0 Å². The average Bonchev–Trinajstić information content (AvgIpc) is 3.26. The zero-order valence-electron chi connectivity index (χ0n) is 20.9. The van der Waals surface area contributed by atoms with E-state index in [2.05, 4.69) is 42.9 Å². The van der Waals surface area contributed by atoms with E-state index in [1.165, 1.54) is 11.6 Å². The molecule has 6 rings (SSSR count). The number of carbonyl (C=O) groups is 1. The monoisotopic (exact) mass is 620 g/mol. The molecule has 9 nitrogen and oxygen atoms in total. The summed E-state index contributed by atoms with van der Waals surface area (Å²) in [5.41, 5.74) is 3.04. The van der Waals surface area contributed by atoms with Crippen molar-refractivity contribution in [3.8, 4) is 0 Å². The van der Waals surface area contributed by atoms with Crippen LogP contribution >= 0.6 is 22.6 Å². The van der Waals surface area contributed by atoms with E-state index in [1.54, 1.807) is 6.07 Å². The number of nitrogens with one attached hydrogen (secondary N) is 1. The Morgan fingerprint density at radius 3 is 2.78 bits per heavy atom. The molecule has 4 heterocycles. The molecule has 37 heavy (non-hydrogen) atoms. The van der Waals surface area contributed by atoms with Crippen LogP contribution in [0.2, 0.25) is 0 Å². The molecule has 2 fully saturated rings. The first-order chi connectivity index (χ1) is 17.6. The number of anilines is 1. The van der Waals surface area contributed by atoms with Crippen molar-refractivity contribution < 1.29 is 19.0 Å². The highest BCUT2D eigenvalue weighted by Crippen LogP contribution is 2.56. The molecular weight excluding hydrogens is 590 g/mol.